The zero-order valence-electron chi connectivity index (χ0n) is 14.5. The van der Waals surface area contributed by atoms with E-state index >= 15 is 0 Å². The van der Waals surface area contributed by atoms with Crippen LogP contribution in [0, 0.1) is 0 Å². The van der Waals surface area contributed by atoms with E-state index in [0.29, 0.717) is 37.2 Å². The van der Waals surface area contributed by atoms with Gasteiger partial charge in [0.05, 0.1) is 11.3 Å². The molecule has 1 aromatic carbocycles. The van der Waals surface area contributed by atoms with Crippen molar-refractivity contribution in [2.24, 2.45) is 5.16 Å². The van der Waals surface area contributed by atoms with Gasteiger partial charge in [0.15, 0.2) is 5.78 Å². The van der Waals surface area contributed by atoms with Gasteiger partial charge in [-0.05, 0) is 55.2 Å². The lowest BCUT2D eigenvalue weighted by Gasteiger charge is -2.24. The number of aryl methyl sites for hydroxylation is 2. The molecule has 0 spiro atoms. The molecule has 4 heteroatoms. The van der Waals surface area contributed by atoms with E-state index < -0.39 is 0 Å². The number of hydrogen-bond acceptors (Lipinski definition) is 4. The Kier molecular flexibility index (Phi) is 5.03. The molecule has 0 fully saturated rings. The van der Waals surface area contributed by atoms with E-state index in [-0.39, 0.29) is 17.5 Å². The molecule has 0 bridgehead atoms. The Morgan fingerprint density at radius 3 is 2.75 bits per heavy atom. The molecular weight excluding hydrogens is 302 g/mol. The Bertz CT molecular complexity index is 703. The topological polar surface area (TPSA) is 58.9 Å². The first-order chi connectivity index (χ1) is 11.6. The number of nitrogens with zero attached hydrogens (tertiary/aromatic N) is 1. The molecule has 1 atom stereocenters. The Balaban J connectivity index is 1.85. The fourth-order valence-electron chi connectivity index (χ4n) is 3.73. The maximum atomic E-state index is 12.6. The number of allylic oxidation sites excluding steroid dienone is 2. The van der Waals surface area contributed by atoms with E-state index in [2.05, 4.69) is 23.4 Å². The predicted octanol–water partition coefficient (Wildman–Crippen LogP) is 4.24. The van der Waals surface area contributed by atoms with Gasteiger partial charge in [0.1, 0.15) is 12.4 Å². The normalized spacial score (nSPS) is 21.2. The van der Waals surface area contributed by atoms with Crippen molar-refractivity contribution in [1.82, 2.24) is 0 Å². The predicted molar refractivity (Wildman–Crippen MR) is 94.5 cm³/mol. The van der Waals surface area contributed by atoms with E-state index in [1.807, 2.05) is 13.8 Å². The van der Waals surface area contributed by atoms with Gasteiger partial charge in [-0.2, -0.15) is 0 Å². The molecule has 4 nitrogen and oxygen atoms in total. The summed E-state index contributed by atoms with van der Waals surface area (Å²) in [4.78, 5) is 17.7. The van der Waals surface area contributed by atoms with Crippen LogP contribution in [-0.4, -0.2) is 23.2 Å². The highest BCUT2D eigenvalue weighted by Crippen LogP contribution is 2.36. The molecule has 0 amide bonds. The van der Waals surface area contributed by atoms with E-state index in [4.69, 9.17) is 4.84 Å². The van der Waals surface area contributed by atoms with Gasteiger partial charge in [-0.15, -0.1) is 0 Å². The molecule has 1 N–H and O–H groups in total. The van der Waals surface area contributed by atoms with Crippen LogP contribution in [0.25, 0.3) is 0 Å². The standard InChI is InChI=1S/C20H25NO3/c1-3-17(21-24-4-2)20-18(22)11-16(12-19(20)23)15-9-8-13-6-5-7-14(13)10-15/h8-10,16,22H,3-7,11-12H2,1-2H3/b21-17-. The third-order valence-electron chi connectivity index (χ3n) is 4.96. The zero-order chi connectivity index (χ0) is 17.1. The Labute approximate surface area is 143 Å². The van der Waals surface area contributed by atoms with Gasteiger partial charge in [-0.25, -0.2) is 0 Å². The number of aliphatic hydroxyl groups is 1. The van der Waals surface area contributed by atoms with Crippen molar-refractivity contribution in [3.63, 3.8) is 0 Å². The molecule has 0 saturated carbocycles. The minimum atomic E-state index is -0.0375. The molecule has 0 heterocycles. The summed E-state index contributed by atoms with van der Waals surface area (Å²) in [7, 11) is 0. The lowest BCUT2D eigenvalue weighted by Crippen LogP contribution is -2.23. The van der Waals surface area contributed by atoms with Crippen molar-refractivity contribution in [1.29, 1.82) is 0 Å². The minimum absolute atomic E-state index is 0.0375. The molecule has 3 rings (SSSR count). The van der Waals surface area contributed by atoms with Gasteiger partial charge in [-0.3, -0.25) is 4.79 Å². The number of ketones is 1. The van der Waals surface area contributed by atoms with Crippen LogP contribution in [0.3, 0.4) is 0 Å². The second-order valence-electron chi connectivity index (χ2n) is 6.54. The number of rotatable bonds is 5. The minimum Gasteiger partial charge on any atom is -0.511 e. The molecule has 2 aliphatic rings. The van der Waals surface area contributed by atoms with E-state index in [0.717, 1.165) is 18.4 Å². The molecular formula is C20H25NO3. The van der Waals surface area contributed by atoms with Crippen LogP contribution in [-0.2, 0) is 22.5 Å². The molecule has 2 aliphatic carbocycles. The number of aliphatic hydroxyl groups excluding tert-OH is 1. The van der Waals surface area contributed by atoms with Gasteiger partial charge in [0, 0.05) is 12.8 Å². The molecule has 1 unspecified atom stereocenters. The number of benzene rings is 1. The van der Waals surface area contributed by atoms with Crippen molar-refractivity contribution in [2.45, 2.75) is 58.3 Å². The van der Waals surface area contributed by atoms with Crippen molar-refractivity contribution in [2.75, 3.05) is 6.61 Å². The van der Waals surface area contributed by atoms with Crippen LogP contribution >= 0.6 is 0 Å². The molecule has 24 heavy (non-hydrogen) atoms. The lowest BCUT2D eigenvalue weighted by molar-refractivity contribution is -0.116. The SMILES string of the molecule is CCO/N=C(/CC)C1=C(O)CC(c2ccc3c(c2)CCC3)CC1=O. The van der Waals surface area contributed by atoms with Gasteiger partial charge in [-0.1, -0.05) is 30.3 Å². The van der Waals surface area contributed by atoms with Crippen LogP contribution in [0.4, 0.5) is 0 Å². The molecule has 1 aromatic rings. The summed E-state index contributed by atoms with van der Waals surface area (Å²) in [5.41, 5.74) is 4.91. The van der Waals surface area contributed by atoms with Gasteiger partial charge < -0.3 is 9.94 Å². The number of Topliss-reactive ketones (excluding diaryl/α,β-unsaturated/α-hetero) is 1. The third kappa shape index (κ3) is 3.23. The van der Waals surface area contributed by atoms with Gasteiger partial charge >= 0.3 is 0 Å². The van der Waals surface area contributed by atoms with Crippen molar-refractivity contribution in [3.8, 4) is 0 Å². The maximum absolute atomic E-state index is 12.6. The molecule has 0 aliphatic heterocycles. The summed E-state index contributed by atoms with van der Waals surface area (Å²) in [6.45, 7) is 4.21. The Hall–Kier alpha value is -2.10. The smallest absolute Gasteiger partial charge is 0.168 e. The molecule has 0 saturated heterocycles. The fourth-order valence-corrected chi connectivity index (χ4v) is 3.73. The first-order valence-corrected chi connectivity index (χ1v) is 8.90. The van der Waals surface area contributed by atoms with E-state index in [1.165, 1.54) is 17.5 Å². The van der Waals surface area contributed by atoms with Gasteiger partial charge in [0.2, 0.25) is 0 Å². The summed E-state index contributed by atoms with van der Waals surface area (Å²) < 4.78 is 0. The summed E-state index contributed by atoms with van der Waals surface area (Å²) in [6.07, 6.45) is 4.97. The summed E-state index contributed by atoms with van der Waals surface area (Å²) in [5.74, 6) is 0.166. The highest BCUT2D eigenvalue weighted by Gasteiger charge is 2.31. The van der Waals surface area contributed by atoms with E-state index in [9.17, 15) is 9.90 Å². The highest BCUT2D eigenvalue weighted by molar-refractivity contribution is 6.23. The summed E-state index contributed by atoms with van der Waals surface area (Å²) in [6, 6.07) is 6.54. The summed E-state index contributed by atoms with van der Waals surface area (Å²) in [5, 5.41) is 14.5. The highest BCUT2D eigenvalue weighted by atomic mass is 16.6. The first kappa shape index (κ1) is 16.7. The second-order valence-corrected chi connectivity index (χ2v) is 6.54. The van der Waals surface area contributed by atoms with Crippen LogP contribution in [0.5, 0.6) is 0 Å². The van der Waals surface area contributed by atoms with Crippen molar-refractivity contribution < 1.29 is 14.7 Å². The third-order valence-corrected chi connectivity index (χ3v) is 4.96. The number of hydrogen-bond donors (Lipinski definition) is 1. The number of fused-ring (bicyclic) bond motifs is 1. The Morgan fingerprint density at radius 1 is 1.25 bits per heavy atom. The lowest BCUT2D eigenvalue weighted by atomic mass is 9.80. The number of oxime groups is 1. The van der Waals surface area contributed by atoms with Crippen LogP contribution in [0.1, 0.15) is 62.1 Å². The van der Waals surface area contributed by atoms with Crippen molar-refractivity contribution >= 4 is 11.5 Å². The summed E-state index contributed by atoms with van der Waals surface area (Å²) >= 11 is 0. The monoisotopic (exact) mass is 327 g/mol. The quantitative estimate of drug-likeness (QED) is 0.650. The fraction of sp³-hybridized carbons (Fsp3) is 0.500. The van der Waals surface area contributed by atoms with Crippen LogP contribution in [0.15, 0.2) is 34.7 Å². The average molecular weight is 327 g/mol. The maximum Gasteiger partial charge on any atom is 0.168 e. The van der Waals surface area contributed by atoms with Crippen LogP contribution < -0.4 is 0 Å². The van der Waals surface area contributed by atoms with Crippen molar-refractivity contribution in [3.05, 3.63) is 46.2 Å². The van der Waals surface area contributed by atoms with E-state index in [1.54, 1.807) is 0 Å². The number of carbonyl (C=O) groups excluding carboxylic acids is 1. The molecule has 128 valence electrons. The van der Waals surface area contributed by atoms with Gasteiger partial charge in [0.25, 0.3) is 0 Å². The largest absolute Gasteiger partial charge is 0.511 e. The molecule has 0 aromatic heterocycles. The Morgan fingerprint density at radius 2 is 2.04 bits per heavy atom. The van der Waals surface area contributed by atoms with Crippen LogP contribution in [0.2, 0.25) is 0 Å². The number of carbonyl (C=O) groups is 1. The zero-order valence-corrected chi connectivity index (χ0v) is 14.5. The second kappa shape index (κ2) is 7.20. The first-order valence-electron chi connectivity index (χ1n) is 8.90. The average Bonchev–Trinajstić information content (AvgIpc) is 3.04. The molecule has 0 radical (unpaired) electrons.